The molecule has 0 saturated heterocycles. The first kappa shape index (κ1) is 15.5. The Morgan fingerprint density at radius 3 is 2.53 bits per heavy atom. The van der Waals surface area contributed by atoms with E-state index in [0.717, 1.165) is 11.1 Å². The van der Waals surface area contributed by atoms with Gasteiger partial charge >= 0.3 is 0 Å². The van der Waals surface area contributed by atoms with E-state index in [2.05, 4.69) is 11.8 Å². The van der Waals surface area contributed by atoms with Crippen LogP contribution in [-0.2, 0) is 10.0 Å². The minimum Gasteiger partial charge on any atom is -0.384 e. The molecule has 0 heterocycles. The van der Waals surface area contributed by atoms with Crippen molar-refractivity contribution in [1.82, 2.24) is 9.84 Å². The van der Waals surface area contributed by atoms with Crippen molar-refractivity contribution in [3.8, 4) is 11.8 Å². The first-order valence-corrected chi connectivity index (χ1v) is 6.55. The van der Waals surface area contributed by atoms with Crippen LogP contribution in [0.4, 0.5) is 8.78 Å². The van der Waals surface area contributed by atoms with Gasteiger partial charge in [-0.25, -0.2) is 22.2 Å². The summed E-state index contributed by atoms with van der Waals surface area (Å²) in [6.45, 7) is -0.557. The van der Waals surface area contributed by atoms with Crippen molar-refractivity contribution in [1.29, 1.82) is 0 Å². The summed E-state index contributed by atoms with van der Waals surface area (Å²) in [5, 5.41) is 9.67. The van der Waals surface area contributed by atoms with Crippen molar-refractivity contribution in [2.75, 3.05) is 20.7 Å². The lowest BCUT2D eigenvalue weighted by Crippen LogP contribution is -2.37. The highest BCUT2D eigenvalue weighted by Gasteiger charge is 2.24. The van der Waals surface area contributed by atoms with Gasteiger partial charge in [-0.05, 0) is 6.07 Å². The van der Waals surface area contributed by atoms with E-state index in [1.807, 2.05) is 4.83 Å². The quantitative estimate of drug-likeness (QED) is 0.610. The van der Waals surface area contributed by atoms with Gasteiger partial charge in [-0.15, -0.1) is 4.83 Å². The van der Waals surface area contributed by atoms with Gasteiger partial charge in [-0.2, -0.15) is 0 Å². The SMILES string of the molecule is CN(C)NS(=O)(=O)c1c(F)cc(F)cc1C#CCO. The molecule has 0 unspecified atom stereocenters. The van der Waals surface area contributed by atoms with Crippen molar-refractivity contribution < 1.29 is 22.3 Å². The molecule has 0 radical (unpaired) electrons. The monoisotopic (exact) mass is 290 g/mol. The smallest absolute Gasteiger partial charge is 0.257 e. The topological polar surface area (TPSA) is 69.6 Å². The second kappa shape index (κ2) is 6.08. The summed E-state index contributed by atoms with van der Waals surface area (Å²) < 4.78 is 50.6. The number of hydrazine groups is 1. The summed E-state index contributed by atoms with van der Waals surface area (Å²) in [5.41, 5.74) is -0.360. The van der Waals surface area contributed by atoms with Gasteiger partial charge in [0.1, 0.15) is 23.1 Å². The van der Waals surface area contributed by atoms with E-state index >= 15 is 0 Å². The molecule has 1 aromatic carbocycles. The van der Waals surface area contributed by atoms with Crippen molar-refractivity contribution in [3.05, 3.63) is 29.3 Å². The van der Waals surface area contributed by atoms with E-state index in [1.54, 1.807) is 0 Å². The zero-order chi connectivity index (χ0) is 14.6. The van der Waals surface area contributed by atoms with Crippen LogP contribution in [0.5, 0.6) is 0 Å². The predicted molar refractivity (Wildman–Crippen MR) is 64.3 cm³/mol. The molecular formula is C11H12F2N2O3S. The summed E-state index contributed by atoms with van der Waals surface area (Å²) in [7, 11) is -1.42. The number of aliphatic hydroxyl groups is 1. The van der Waals surface area contributed by atoms with E-state index < -0.39 is 33.2 Å². The number of sulfonamides is 1. The fourth-order valence-corrected chi connectivity index (χ4v) is 2.63. The molecule has 1 rings (SSSR count). The van der Waals surface area contributed by atoms with Crippen LogP contribution >= 0.6 is 0 Å². The van der Waals surface area contributed by atoms with Crippen LogP contribution in [0.3, 0.4) is 0 Å². The highest BCUT2D eigenvalue weighted by molar-refractivity contribution is 7.89. The highest BCUT2D eigenvalue weighted by Crippen LogP contribution is 2.20. The number of nitrogens with zero attached hydrogens (tertiary/aromatic N) is 1. The first-order chi connectivity index (χ1) is 8.77. The fourth-order valence-electron chi connectivity index (χ4n) is 1.35. The largest absolute Gasteiger partial charge is 0.384 e. The number of halogens is 2. The fraction of sp³-hybridized carbons (Fsp3) is 0.273. The number of nitrogens with one attached hydrogen (secondary N) is 1. The Kier molecular flexibility index (Phi) is 4.97. The van der Waals surface area contributed by atoms with Gasteiger partial charge < -0.3 is 5.11 Å². The first-order valence-electron chi connectivity index (χ1n) is 5.06. The molecule has 8 heteroatoms. The van der Waals surface area contributed by atoms with E-state index in [4.69, 9.17) is 5.11 Å². The van der Waals surface area contributed by atoms with E-state index in [9.17, 15) is 17.2 Å². The molecular weight excluding hydrogens is 278 g/mol. The third kappa shape index (κ3) is 3.97. The average molecular weight is 290 g/mol. The number of hydrogen-bond acceptors (Lipinski definition) is 4. The average Bonchev–Trinajstić information content (AvgIpc) is 2.22. The molecule has 0 amide bonds. The molecule has 0 aliphatic heterocycles. The minimum absolute atomic E-state index is 0.360. The zero-order valence-electron chi connectivity index (χ0n) is 10.2. The Morgan fingerprint density at radius 2 is 2.00 bits per heavy atom. The van der Waals surface area contributed by atoms with Gasteiger partial charge in [-0.3, -0.25) is 0 Å². The van der Waals surface area contributed by atoms with Gasteiger partial charge in [-0.1, -0.05) is 11.8 Å². The van der Waals surface area contributed by atoms with Gasteiger partial charge in [0.15, 0.2) is 0 Å². The predicted octanol–water partition coefficient (Wildman–Crippen LogP) is 0.0635. The second-order valence-corrected chi connectivity index (χ2v) is 5.31. The Balaban J connectivity index is 3.49. The van der Waals surface area contributed by atoms with Gasteiger partial charge in [0.2, 0.25) is 0 Å². The van der Waals surface area contributed by atoms with Gasteiger partial charge in [0.25, 0.3) is 10.0 Å². The molecule has 0 spiro atoms. The van der Waals surface area contributed by atoms with Crippen LogP contribution in [0.25, 0.3) is 0 Å². The lowest BCUT2D eigenvalue weighted by atomic mass is 10.2. The lowest BCUT2D eigenvalue weighted by Gasteiger charge is -2.14. The van der Waals surface area contributed by atoms with Gasteiger partial charge in [0, 0.05) is 20.2 Å². The molecule has 0 aromatic heterocycles. The molecule has 0 bridgehead atoms. The number of rotatable bonds is 3. The van der Waals surface area contributed by atoms with Crippen molar-refractivity contribution in [3.63, 3.8) is 0 Å². The van der Waals surface area contributed by atoms with Crippen LogP contribution in [0, 0.1) is 23.5 Å². The van der Waals surface area contributed by atoms with Crippen LogP contribution < -0.4 is 4.83 Å². The number of aliphatic hydroxyl groups excluding tert-OH is 1. The Morgan fingerprint density at radius 1 is 1.37 bits per heavy atom. The summed E-state index contributed by atoms with van der Waals surface area (Å²) in [6.07, 6.45) is 0. The van der Waals surface area contributed by atoms with Crippen LogP contribution in [-0.4, -0.2) is 39.2 Å². The molecule has 2 N–H and O–H groups in total. The molecule has 0 fully saturated rings. The normalized spacial score (nSPS) is 11.3. The third-order valence-electron chi connectivity index (χ3n) is 1.88. The molecule has 0 saturated carbocycles. The maximum absolute atomic E-state index is 13.7. The third-order valence-corrected chi connectivity index (χ3v) is 3.44. The Labute approximate surface area is 109 Å². The number of benzene rings is 1. The highest BCUT2D eigenvalue weighted by atomic mass is 32.2. The summed E-state index contributed by atoms with van der Waals surface area (Å²) in [5.74, 6) is 2.15. The van der Waals surface area contributed by atoms with E-state index in [-0.39, 0.29) is 5.56 Å². The van der Waals surface area contributed by atoms with Crippen LogP contribution in [0.2, 0.25) is 0 Å². The number of hydrogen-bond donors (Lipinski definition) is 2. The second-order valence-electron chi connectivity index (χ2n) is 3.71. The minimum atomic E-state index is -4.22. The molecule has 104 valence electrons. The molecule has 0 atom stereocenters. The van der Waals surface area contributed by atoms with Gasteiger partial charge in [0.05, 0.1) is 5.56 Å². The Bertz CT molecular complexity index is 633. The molecule has 0 aliphatic rings. The van der Waals surface area contributed by atoms with Crippen molar-refractivity contribution >= 4 is 10.0 Å². The lowest BCUT2D eigenvalue weighted by molar-refractivity contribution is 0.350. The molecule has 19 heavy (non-hydrogen) atoms. The van der Waals surface area contributed by atoms with E-state index in [1.165, 1.54) is 14.1 Å². The maximum atomic E-state index is 13.7. The zero-order valence-corrected chi connectivity index (χ0v) is 11.1. The van der Waals surface area contributed by atoms with Crippen LogP contribution in [0.15, 0.2) is 17.0 Å². The maximum Gasteiger partial charge on any atom is 0.257 e. The summed E-state index contributed by atoms with van der Waals surface area (Å²) >= 11 is 0. The summed E-state index contributed by atoms with van der Waals surface area (Å²) in [6, 6.07) is 1.24. The van der Waals surface area contributed by atoms with Crippen LogP contribution in [0.1, 0.15) is 5.56 Å². The molecule has 5 nitrogen and oxygen atoms in total. The van der Waals surface area contributed by atoms with E-state index in [0.29, 0.717) is 6.07 Å². The van der Waals surface area contributed by atoms with Crippen molar-refractivity contribution in [2.45, 2.75) is 4.90 Å². The standard InChI is InChI=1S/C11H12F2N2O3S/c1-15(2)14-19(17,18)11-8(4-3-5-16)6-9(12)7-10(11)13/h6-7,14,16H,5H2,1-2H3. The summed E-state index contributed by atoms with van der Waals surface area (Å²) in [4.78, 5) is 1.26. The molecule has 1 aromatic rings. The Hall–Kier alpha value is -1.53. The molecule has 0 aliphatic carbocycles. The van der Waals surface area contributed by atoms with Crippen molar-refractivity contribution in [2.24, 2.45) is 0 Å².